The van der Waals surface area contributed by atoms with Gasteiger partial charge in [0, 0.05) is 21.9 Å². The lowest BCUT2D eigenvalue weighted by Gasteiger charge is -2.13. The summed E-state index contributed by atoms with van der Waals surface area (Å²) in [6.07, 6.45) is 1.01. The summed E-state index contributed by atoms with van der Waals surface area (Å²) in [4.78, 5) is 3.74. The van der Waals surface area contributed by atoms with Crippen molar-refractivity contribution in [2.45, 2.75) is 6.42 Å². The Morgan fingerprint density at radius 2 is 1.11 bits per heavy atom. The van der Waals surface area contributed by atoms with E-state index in [4.69, 9.17) is 0 Å². The molecule has 0 unspecified atom stereocenters. The average molecular weight is 484 g/mol. The second kappa shape index (κ2) is 8.33. The maximum Gasteiger partial charge on any atom is 0.0544 e. The highest BCUT2D eigenvalue weighted by Gasteiger charge is 2.22. The van der Waals surface area contributed by atoms with Crippen LogP contribution in [0.5, 0.6) is 0 Å². The van der Waals surface area contributed by atoms with Gasteiger partial charge in [-0.1, -0.05) is 109 Å². The molecule has 178 valence electrons. The molecule has 0 radical (unpaired) electrons. The first-order valence-electron chi connectivity index (χ1n) is 13.2. The first-order valence-corrected chi connectivity index (χ1v) is 13.2. The lowest BCUT2D eigenvalue weighted by molar-refractivity contribution is 1.26. The Morgan fingerprint density at radius 1 is 0.421 bits per heavy atom. The van der Waals surface area contributed by atoms with E-state index in [0.29, 0.717) is 0 Å². The van der Waals surface area contributed by atoms with Gasteiger partial charge in [0.25, 0.3) is 0 Å². The van der Waals surface area contributed by atoms with E-state index in [0.717, 1.165) is 6.42 Å². The van der Waals surface area contributed by atoms with Crippen molar-refractivity contribution in [2.24, 2.45) is 0 Å². The van der Waals surface area contributed by atoms with Gasteiger partial charge in [-0.2, -0.15) is 0 Å². The molecule has 6 aromatic carbocycles. The van der Waals surface area contributed by atoms with Crippen LogP contribution < -0.4 is 0 Å². The molecule has 7 aromatic rings. The third-order valence-corrected chi connectivity index (χ3v) is 8.03. The summed E-state index contributed by atoms with van der Waals surface area (Å²) in [6.45, 7) is 0. The van der Waals surface area contributed by atoms with E-state index in [1.807, 2.05) is 0 Å². The van der Waals surface area contributed by atoms with Gasteiger partial charge in [0.2, 0.25) is 0 Å². The molecule has 1 aromatic heterocycles. The third kappa shape index (κ3) is 3.26. The van der Waals surface area contributed by atoms with Crippen molar-refractivity contribution >= 4 is 21.8 Å². The zero-order valence-corrected chi connectivity index (χ0v) is 20.9. The van der Waals surface area contributed by atoms with Gasteiger partial charge in [0.15, 0.2) is 0 Å². The van der Waals surface area contributed by atoms with E-state index in [9.17, 15) is 0 Å². The van der Waals surface area contributed by atoms with Gasteiger partial charge in [-0.25, -0.2) is 0 Å². The highest BCUT2D eigenvalue weighted by molar-refractivity contribution is 6.13. The number of hydrogen-bond acceptors (Lipinski definition) is 0. The second-order valence-electron chi connectivity index (χ2n) is 10.2. The lowest BCUT2D eigenvalue weighted by Crippen LogP contribution is -1.88. The van der Waals surface area contributed by atoms with Crippen LogP contribution in [0.25, 0.3) is 66.3 Å². The first kappa shape index (κ1) is 21.2. The monoisotopic (exact) mass is 483 g/mol. The molecule has 0 amide bonds. The maximum absolute atomic E-state index is 3.74. The molecule has 1 aliphatic carbocycles. The van der Waals surface area contributed by atoms with Crippen molar-refractivity contribution in [1.29, 1.82) is 0 Å². The SMILES string of the molecule is c1ccc(-c2cc(-c3cccc(-c4cccc5c4-c4ccccc4C5)c3)c3[nH]c4ccccc4c3c2)cc1. The number of H-pyrrole nitrogens is 1. The van der Waals surface area contributed by atoms with E-state index < -0.39 is 0 Å². The van der Waals surface area contributed by atoms with Gasteiger partial charge in [-0.05, 0) is 80.8 Å². The van der Waals surface area contributed by atoms with Crippen LogP contribution >= 0.6 is 0 Å². The Bertz CT molecular complexity index is 1990. The largest absolute Gasteiger partial charge is 0.354 e. The quantitative estimate of drug-likeness (QED) is 0.257. The van der Waals surface area contributed by atoms with Crippen LogP contribution in [0.2, 0.25) is 0 Å². The Balaban J connectivity index is 1.36. The topological polar surface area (TPSA) is 15.8 Å². The van der Waals surface area contributed by atoms with Crippen LogP contribution in [-0.2, 0) is 6.42 Å². The van der Waals surface area contributed by atoms with E-state index in [1.54, 1.807) is 0 Å². The molecule has 1 aliphatic rings. The van der Waals surface area contributed by atoms with E-state index in [1.165, 1.54) is 77.4 Å². The summed E-state index contributed by atoms with van der Waals surface area (Å²) in [5, 5.41) is 2.52. The fourth-order valence-corrected chi connectivity index (χ4v) is 6.26. The molecule has 1 heterocycles. The number of fused-ring (bicyclic) bond motifs is 6. The Hall–Kier alpha value is -4.88. The normalized spacial score (nSPS) is 12.1. The number of aromatic amines is 1. The molecule has 38 heavy (non-hydrogen) atoms. The smallest absolute Gasteiger partial charge is 0.0544 e. The number of benzene rings is 6. The number of aromatic nitrogens is 1. The second-order valence-corrected chi connectivity index (χ2v) is 10.2. The minimum Gasteiger partial charge on any atom is -0.354 e. The van der Waals surface area contributed by atoms with E-state index in [2.05, 4.69) is 138 Å². The number of para-hydroxylation sites is 1. The molecule has 1 nitrogen and oxygen atoms in total. The van der Waals surface area contributed by atoms with Crippen LogP contribution in [0.3, 0.4) is 0 Å². The van der Waals surface area contributed by atoms with Crippen LogP contribution in [-0.4, -0.2) is 4.98 Å². The molecule has 1 heteroatoms. The fraction of sp³-hybridized carbons (Fsp3) is 0.0270. The van der Waals surface area contributed by atoms with Gasteiger partial charge in [-0.15, -0.1) is 0 Å². The zero-order valence-electron chi connectivity index (χ0n) is 20.9. The van der Waals surface area contributed by atoms with Crippen molar-refractivity contribution in [2.75, 3.05) is 0 Å². The first-order chi connectivity index (χ1) is 18.8. The highest BCUT2D eigenvalue weighted by Crippen LogP contribution is 2.44. The highest BCUT2D eigenvalue weighted by atomic mass is 14.7. The Kier molecular flexibility index (Phi) is 4.65. The molecule has 0 aliphatic heterocycles. The van der Waals surface area contributed by atoms with Gasteiger partial charge in [0.05, 0.1) is 5.52 Å². The summed E-state index contributed by atoms with van der Waals surface area (Å²) in [6, 6.07) is 48.6. The predicted octanol–water partition coefficient (Wildman–Crippen LogP) is 9.89. The molecule has 0 fully saturated rings. The summed E-state index contributed by atoms with van der Waals surface area (Å²) >= 11 is 0. The number of nitrogens with one attached hydrogen (secondary N) is 1. The van der Waals surface area contributed by atoms with Crippen molar-refractivity contribution in [3.63, 3.8) is 0 Å². The van der Waals surface area contributed by atoms with Crippen LogP contribution in [0.4, 0.5) is 0 Å². The average Bonchev–Trinajstić information content (AvgIpc) is 3.56. The van der Waals surface area contributed by atoms with Crippen LogP contribution in [0, 0.1) is 0 Å². The predicted molar refractivity (Wildman–Crippen MR) is 160 cm³/mol. The van der Waals surface area contributed by atoms with Gasteiger partial charge < -0.3 is 4.98 Å². The van der Waals surface area contributed by atoms with E-state index in [-0.39, 0.29) is 0 Å². The molecule has 1 N–H and O–H groups in total. The number of rotatable bonds is 3. The Labute approximate surface area is 222 Å². The summed E-state index contributed by atoms with van der Waals surface area (Å²) < 4.78 is 0. The Morgan fingerprint density at radius 3 is 2.03 bits per heavy atom. The molecule has 0 saturated carbocycles. The van der Waals surface area contributed by atoms with Crippen LogP contribution in [0.1, 0.15) is 11.1 Å². The molecule has 0 bridgehead atoms. The van der Waals surface area contributed by atoms with Crippen molar-refractivity contribution in [3.05, 3.63) is 145 Å². The van der Waals surface area contributed by atoms with Gasteiger partial charge in [0.1, 0.15) is 0 Å². The molecule has 8 rings (SSSR count). The summed E-state index contributed by atoms with van der Waals surface area (Å²) in [7, 11) is 0. The van der Waals surface area contributed by atoms with Crippen molar-refractivity contribution in [3.8, 4) is 44.5 Å². The van der Waals surface area contributed by atoms with Gasteiger partial charge in [-0.3, -0.25) is 0 Å². The zero-order chi connectivity index (χ0) is 25.1. The third-order valence-electron chi connectivity index (χ3n) is 8.03. The summed E-state index contributed by atoms with van der Waals surface area (Å²) in [5.74, 6) is 0. The molecule has 0 spiro atoms. The van der Waals surface area contributed by atoms with Crippen molar-refractivity contribution < 1.29 is 0 Å². The standard InChI is InChI=1S/C37H25N/c1-2-10-24(11-3-1)29-22-33(37-34(23-29)32-17-6-7-19-35(32)38-37)27-14-8-13-26(20-27)31-18-9-15-28-21-25-12-4-5-16-30(25)36(28)31/h1-20,22-23,38H,21H2. The van der Waals surface area contributed by atoms with Crippen molar-refractivity contribution in [1.82, 2.24) is 4.98 Å². The van der Waals surface area contributed by atoms with Gasteiger partial charge >= 0.3 is 0 Å². The number of hydrogen-bond donors (Lipinski definition) is 1. The maximum atomic E-state index is 3.74. The fourth-order valence-electron chi connectivity index (χ4n) is 6.26. The molecule has 0 saturated heterocycles. The molecule has 0 atom stereocenters. The summed E-state index contributed by atoms with van der Waals surface area (Å²) in [5.41, 5.74) is 15.4. The van der Waals surface area contributed by atoms with E-state index >= 15 is 0 Å². The minimum absolute atomic E-state index is 1.01. The minimum atomic E-state index is 1.01. The lowest BCUT2D eigenvalue weighted by atomic mass is 9.91. The molecular weight excluding hydrogens is 458 g/mol. The molecular formula is C37H25N. The van der Waals surface area contributed by atoms with Crippen LogP contribution in [0.15, 0.2) is 133 Å².